The first-order valence-corrected chi connectivity index (χ1v) is 7.56. The van der Waals surface area contributed by atoms with E-state index < -0.39 is 0 Å². The summed E-state index contributed by atoms with van der Waals surface area (Å²) >= 11 is 1.92. The number of rotatable bonds is 3. The zero-order valence-electron chi connectivity index (χ0n) is 11.5. The lowest BCUT2D eigenvalue weighted by Gasteiger charge is -2.20. The Morgan fingerprint density at radius 1 is 1.00 bits per heavy atom. The Kier molecular flexibility index (Phi) is 3.63. The second-order valence-corrected chi connectivity index (χ2v) is 6.47. The summed E-state index contributed by atoms with van der Waals surface area (Å²) in [6.07, 6.45) is 2.20. The van der Waals surface area contributed by atoms with E-state index in [1.807, 2.05) is 11.8 Å². The van der Waals surface area contributed by atoms with Crippen LogP contribution in [-0.4, -0.2) is 25.5 Å². The summed E-state index contributed by atoms with van der Waals surface area (Å²) in [7, 11) is 4.26. The predicted octanol–water partition coefficient (Wildman–Crippen LogP) is 3.85. The molecular formula is C17H19NS. The largest absolute Gasteiger partial charge is 0.309 e. The molecule has 0 bridgehead atoms. The van der Waals surface area contributed by atoms with Gasteiger partial charge in [0.2, 0.25) is 0 Å². The van der Waals surface area contributed by atoms with Crippen LogP contribution in [-0.2, 0) is 12.8 Å². The molecule has 0 N–H and O–H groups in total. The third-order valence-electron chi connectivity index (χ3n) is 3.55. The van der Waals surface area contributed by atoms with Crippen molar-refractivity contribution in [2.24, 2.45) is 0 Å². The Hall–Kier alpha value is -1.25. The monoisotopic (exact) mass is 269 g/mol. The van der Waals surface area contributed by atoms with Gasteiger partial charge in [0.1, 0.15) is 0 Å². The molecule has 19 heavy (non-hydrogen) atoms. The molecule has 98 valence electrons. The maximum atomic E-state index is 2.37. The van der Waals surface area contributed by atoms with Gasteiger partial charge in [0.05, 0.1) is 0 Å². The van der Waals surface area contributed by atoms with Gasteiger partial charge in [-0.2, -0.15) is 0 Å². The van der Waals surface area contributed by atoms with Gasteiger partial charge in [-0.15, -0.1) is 0 Å². The van der Waals surface area contributed by atoms with Crippen LogP contribution in [0.4, 0.5) is 0 Å². The quantitative estimate of drug-likeness (QED) is 0.710. The molecule has 0 aliphatic carbocycles. The Morgan fingerprint density at radius 2 is 1.79 bits per heavy atom. The van der Waals surface area contributed by atoms with Crippen molar-refractivity contribution in [2.45, 2.75) is 22.6 Å². The third kappa shape index (κ3) is 2.85. The molecule has 2 aromatic rings. The normalized spacial score (nSPS) is 13.2. The molecule has 0 spiro atoms. The van der Waals surface area contributed by atoms with Crippen molar-refractivity contribution in [3.8, 4) is 0 Å². The zero-order chi connectivity index (χ0) is 13.2. The molecule has 0 fully saturated rings. The summed E-state index contributed by atoms with van der Waals surface area (Å²) in [5, 5.41) is 0. The minimum atomic E-state index is 1.08. The second-order valence-electron chi connectivity index (χ2n) is 5.38. The SMILES string of the molecule is CN(C)CCc1ccc2c(c1)Sc1ccccc1C2. The molecular weight excluding hydrogens is 250 g/mol. The van der Waals surface area contributed by atoms with E-state index in [4.69, 9.17) is 0 Å². The van der Waals surface area contributed by atoms with Crippen LogP contribution in [0.2, 0.25) is 0 Å². The fourth-order valence-corrected chi connectivity index (χ4v) is 3.56. The summed E-state index contributed by atoms with van der Waals surface area (Å²) in [5.74, 6) is 0. The van der Waals surface area contributed by atoms with Gasteiger partial charge in [-0.3, -0.25) is 0 Å². The molecule has 3 rings (SSSR count). The van der Waals surface area contributed by atoms with E-state index in [1.54, 1.807) is 0 Å². The molecule has 2 aromatic carbocycles. The van der Waals surface area contributed by atoms with Crippen LogP contribution in [0.15, 0.2) is 52.3 Å². The number of hydrogen-bond acceptors (Lipinski definition) is 2. The fourth-order valence-electron chi connectivity index (χ4n) is 2.42. The van der Waals surface area contributed by atoms with Crippen LogP contribution >= 0.6 is 11.8 Å². The van der Waals surface area contributed by atoms with Crippen LogP contribution in [0, 0.1) is 0 Å². The Balaban J connectivity index is 1.84. The molecule has 0 saturated carbocycles. The minimum Gasteiger partial charge on any atom is -0.309 e. The van der Waals surface area contributed by atoms with Gasteiger partial charge in [-0.1, -0.05) is 42.1 Å². The zero-order valence-corrected chi connectivity index (χ0v) is 12.3. The minimum absolute atomic E-state index is 1.08. The van der Waals surface area contributed by atoms with Gasteiger partial charge in [0, 0.05) is 16.3 Å². The number of hydrogen-bond donors (Lipinski definition) is 0. The highest BCUT2D eigenvalue weighted by atomic mass is 32.2. The van der Waals surface area contributed by atoms with Crippen LogP contribution < -0.4 is 0 Å². The van der Waals surface area contributed by atoms with E-state index in [1.165, 1.54) is 26.5 Å². The molecule has 2 heteroatoms. The van der Waals surface area contributed by atoms with Gasteiger partial charge in [-0.05, 0) is 55.8 Å². The Morgan fingerprint density at radius 3 is 2.63 bits per heavy atom. The number of nitrogens with zero attached hydrogens (tertiary/aromatic N) is 1. The van der Waals surface area contributed by atoms with Crippen LogP contribution in [0.1, 0.15) is 16.7 Å². The molecule has 0 unspecified atom stereocenters. The third-order valence-corrected chi connectivity index (χ3v) is 4.77. The average Bonchev–Trinajstić information content (AvgIpc) is 2.42. The molecule has 0 saturated heterocycles. The lowest BCUT2D eigenvalue weighted by Crippen LogP contribution is -2.15. The first kappa shape index (κ1) is 12.8. The van der Waals surface area contributed by atoms with Gasteiger partial charge in [-0.25, -0.2) is 0 Å². The predicted molar refractivity (Wildman–Crippen MR) is 82.1 cm³/mol. The molecule has 1 nitrogen and oxygen atoms in total. The van der Waals surface area contributed by atoms with Crippen LogP contribution in [0.25, 0.3) is 0 Å². The van der Waals surface area contributed by atoms with Gasteiger partial charge in [0.15, 0.2) is 0 Å². The highest BCUT2D eigenvalue weighted by Gasteiger charge is 2.15. The average molecular weight is 269 g/mol. The lowest BCUT2D eigenvalue weighted by atomic mass is 10.0. The van der Waals surface area contributed by atoms with Crippen molar-refractivity contribution in [2.75, 3.05) is 20.6 Å². The van der Waals surface area contributed by atoms with E-state index in [-0.39, 0.29) is 0 Å². The standard InChI is InChI=1S/C17H19NS/c1-18(2)10-9-13-7-8-15-12-14-5-3-4-6-16(14)19-17(15)11-13/h3-8,11H,9-10,12H2,1-2H3. The number of fused-ring (bicyclic) bond motifs is 2. The smallest absolute Gasteiger partial charge is 0.0160 e. The molecule has 0 amide bonds. The summed E-state index contributed by atoms with van der Waals surface area (Å²) in [5.41, 5.74) is 4.37. The highest BCUT2D eigenvalue weighted by molar-refractivity contribution is 7.99. The van der Waals surface area contributed by atoms with Crippen LogP contribution in [0.3, 0.4) is 0 Å². The van der Waals surface area contributed by atoms with E-state index in [2.05, 4.69) is 61.5 Å². The Labute approximate surface area is 119 Å². The van der Waals surface area contributed by atoms with Gasteiger partial charge in [0.25, 0.3) is 0 Å². The van der Waals surface area contributed by atoms with E-state index in [0.717, 1.165) is 19.4 Å². The number of likely N-dealkylation sites (N-methyl/N-ethyl adjacent to an activating group) is 1. The molecule has 0 atom stereocenters. The summed E-state index contributed by atoms with van der Waals surface area (Å²) in [6.45, 7) is 1.11. The van der Waals surface area contributed by atoms with Crippen molar-refractivity contribution in [1.82, 2.24) is 4.90 Å². The van der Waals surface area contributed by atoms with Crippen LogP contribution in [0.5, 0.6) is 0 Å². The van der Waals surface area contributed by atoms with Crippen molar-refractivity contribution < 1.29 is 0 Å². The maximum absolute atomic E-state index is 2.37. The van der Waals surface area contributed by atoms with E-state index in [9.17, 15) is 0 Å². The first-order chi connectivity index (χ1) is 9.22. The van der Waals surface area contributed by atoms with Gasteiger partial charge >= 0.3 is 0 Å². The van der Waals surface area contributed by atoms with E-state index in [0.29, 0.717) is 0 Å². The molecule has 0 aromatic heterocycles. The number of benzene rings is 2. The first-order valence-electron chi connectivity index (χ1n) is 6.74. The topological polar surface area (TPSA) is 3.24 Å². The van der Waals surface area contributed by atoms with E-state index >= 15 is 0 Å². The molecule has 1 heterocycles. The lowest BCUT2D eigenvalue weighted by molar-refractivity contribution is 0.413. The Bertz CT molecular complexity index is 590. The maximum Gasteiger partial charge on any atom is 0.0160 e. The van der Waals surface area contributed by atoms with Crippen molar-refractivity contribution in [3.63, 3.8) is 0 Å². The van der Waals surface area contributed by atoms with Gasteiger partial charge < -0.3 is 4.90 Å². The molecule has 1 aliphatic heterocycles. The fraction of sp³-hybridized carbons (Fsp3) is 0.294. The molecule has 0 radical (unpaired) electrons. The second kappa shape index (κ2) is 5.40. The summed E-state index contributed by atoms with van der Waals surface area (Å²) in [6, 6.07) is 15.7. The van der Waals surface area contributed by atoms with Crippen molar-refractivity contribution in [1.29, 1.82) is 0 Å². The summed E-state index contributed by atoms with van der Waals surface area (Å²) < 4.78 is 0. The summed E-state index contributed by atoms with van der Waals surface area (Å²) in [4.78, 5) is 5.09. The molecule has 1 aliphatic rings. The van der Waals surface area contributed by atoms with Crippen molar-refractivity contribution >= 4 is 11.8 Å². The van der Waals surface area contributed by atoms with Crippen molar-refractivity contribution in [3.05, 3.63) is 59.2 Å². The highest BCUT2D eigenvalue weighted by Crippen LogP contribution is 2.39.